The molecule has 0 heterocycles. The van der Waals surface area contributed by atoms with Crippen LogP contribution in [0.15, 0.2) is 72.8 Å². The highest BCUT2D eigenvalue weighted by Crippen LogP contribution is 2.25. The second-order valence-corrected chi connectivity index (χ2v) is 10.5. The molecule has 0 aliphatic rings. The third-order valence-corrected chi connectivity index (χ3v) is 7.63. The third-order valence-electron chi connectivity index (χ3n) is 5.90. The summed E-state index contributed by atoms with van der Waals surface area (Å²) in [5.74, 6) is 0.665. The van der Waals surface area contributed by atoms with Gasteiger partial charge >= 0.3 is 0 Å². The van der Waals surface area contributed by atoms with E-state index in [0.717, 1.165) is 28.7 Å². The van der Waals surface area contributed by atoms with Crippen molar-refractivity contribution in [3.63, 3.8) is 0 Å². The highest BCUT2D eigenvalue weighted by molar-refractivity contribution is 7.99. The molecule has 1 atom stereocenters. The van der Waals surface area contributed by atoms with Gasteiger partial charge in [-0.25, -0.2) is 0 Å². The van der Waals surface area contributed by atoms with Crippen molar-refractivity contribution in [3.8, 4) is 0 Å². The smallest absolute Gasteiger partial charge is 0.243 e. The fraction of sp³-hybridized carbons (Fsp3) is 0.310. The molecular formula is C29H32Cl2N2O2S. The zero-order valence-corrected chi connectivity index (χ0v) is 23.0. The topological polar surface area (TPSA) is 49.4 Å². The summed E-state index contributed by atoms with van der Waals surface area (Å²) in [6, 6.07) is 22.7. The summed E-state index contributed by atoms with van der Waals surface area (Å²) in [5.41, 5.74) is 4.13. The van der Waals surface area contributed by atoms with Gasteiger partial charge in [-0.05, 0) is 47.7 Å². The summed E-state index contributed by atoms with van der Waals surface area (Å²) in [6.45, 7) is 4.99. The lowest BCUT2D eigenvalue weighted by Gasteiger charge is -2.32. The highest BCUT2D eigenvalue weighted by atomic mass is 35.5. The van der Waals surface area contributed by atoms with Crippen LogP contribution in [0.25, 0.3) is 0 Å². The lowest BCUT2D eigenvalue weighted by Crippen LogP contribution is -2.51. The SMILES string of the molecule is CCCNC(=O)[C@H](Cc1ccccc1)N(Cc1ccccc1C)C(=O)CSCc1ccc(Cl)c(Cl)c1. The first-order valence-electron chi connectivity index (χ1n) is 12.1. The standard InChI is InChI=1S/C29H32Cl2N2O2S/c1-3-15-32-29(35)27(17-22-10-5-4-6-11-22)33(18-24-12-8-7-9-21(24)2)28(34)20-36-19-23-13-14-25(30)26(31)16-23/h4-14,16,27H,3,15,17-20H2,1-2H3,(H,32,35)/t27-/m0/s1. The van der Waals surface area contributed by atoms with E-state index in [1.165, 1.54) is 11.8 Å². The van der Waals surface area contributed by atoms with Gasteiger partial charge in [0, 0.05) is 25.3 Å². The maximum atomic E-state index is 13.7. The van der Waals surface area contributed by atoms with Gasteiger partial charge in [0.05, 0.1) is 15.8 Å². The summed E-state index contributed by atoms with van der Waals surface area (Å²) < 4.78 is 0. The number of thioether (sulfide) groups is 1. The number of carbonyl (C=O) groups excluding carboxylic acids is 2. The van der Waals surface area contributed by atoms with Crippen LogP contribution in [-0.4, -0.2) is 35.1 Å². The Labute approximate surface area is 228 Å². The third kappa shape index (κ3) is 8.29. The molecular weight excluding hydrogens is 511 g/mol. The molecule has 3 aromatic carbocycles. The van der Waals surface area contributed by atoms with E-state index in [2.05, 4.69) is 5.32 Å². The molecule has 0 radical (unpaired) electrons. The number of hydrogen-bond donors (Lipinski definition) is 1. The van der Waals surface area contributed by atoms with Crippen LogP contribution in [0.4, 0.5) is 0 Å². The average Bonchev–Trinajstić information content (AvgIpc) is 2.88. The van der Waals surface area contributed by atoms with Crippen molar-refractivity contribution in [1.82, 2.24) is 10.2 Å². The normalized spacial score (nSPS) is 11.7. The second kappa shape index (κ2) is 14.3. The molecule has 7 heteroatoms. The number of benzene rings is 3. The molecule has 1 N–H and O–H groups in total. The lowest BCUT2D eigenvalue weighted by molar-refractivity contribution is -0.139. The molecule has 0 saturated carbocycles. The minimum absolute atomic E-state index is 0.0732. The molecule has 2 amide bonds. The van der Waals surface area contributed by atoms with Crippen LogP contribution in [0, 0.1) is 6.92 Å². The predicted octanol–water partition coefficient (Wildman–Crippen LogP) is 6.70. The molecule has 0 bridgehead atoms. The molecule has 4 nitrogen and oxygen atoms in total. The molecule has 190 valence electrons. The highest BCUT2D eigenvalue weighted by Gasteiger charge is 2.30. The van der Waals surface area contributed by atoms with Gasteiger partial charge in [-0.3, -0.25) is 9.59 Å². The van der Waals surface area contributed by atoms with E-state index in [1.54, 1.807) is 11.0 Å². The van der Waals surface area contributed by atoms with Gasteiger partial charge in [-0.15, -0.1) is 11.8 Å². The first kappa shape index (κ1) is 28.1. The van der Waals surface area contributed by atoms with Crippen LogP contribution in [0.3, 0.4) is 0 Å². The quantitative estimate of drug-likeness (QED) is 0.277. The van der Waals surface area contributed by atoms with E-state index in [-0.39, 0.29) is 17.6 Å². The molecule has 3 rings (SSSR count). The molecule has 0 unspecified atom stereocenters. The molecule has 3 aromatic rings. The zero-order chi connectivity index (χ0) is 25.9. The Morgan fingerprint density at radius 1 is 0.944 bits per heavy atom. The van der Waals surface area contributed by atoms with Crippen LogP contribution in [-0.2, 0) is 28.3 Å². The van der Waals surface area contributed by atoms with Crippen molar-refractivity contribution in [3.05, 3.63) is 105 Å². The van der Waals surface area contributed by atoms with Crippen molar-refractivity contribution in [2.45, 2.75) is 45.0 Å². The Bertz CT molecular complexity index is 1160. The van der Waals surface area contributed by atoms with Crippen molar-refractivity contribution >= 4 is 46.8 Å². The fourth-order valence-corrected chi connectivity index (χ4v) is 5.04. The number of rotatable bonds is 12. The summed E-state index contributed by atoms with van der Waals surface area (Å²) >= 11 is 13.7. The van der Waals surface area contributed by atoms with Crippen molar-refractivity contribution in [1.29, 1.82) is 0 Å². The Morgan fingerprint density at radius 3 is 2.36 bits per heavy atom. The van der Waals surface area contributed by atoms with E-state index < -0.39 is 6.04 Å². The summed E-state index contributed by atoms with van der Waals surface area (Å²) in [6.07, 6.45) is 1.28. The van der Waals surface area contributed by atoms with Gasteiger partial charge in [-0.1, -0.05) is 90.8 Å². The Morgan fingerprint density at radius 2 is 1.67 bits per heavy atom. The maximum absolute atomic E-state index is 13.7. The molecule has 0 aliphatic carbocycles. The van der Waals surface area contributed by atoms with Gasteiger partial charge in [0.25, 0.3) is 0 Å². The van der Waals surface area contributed by atoms with E-state index in [1.807, 2.05) is 80.6 Å². The van der Waals surface area contributed by atoms with E-state index in [9.17, 15) is 9.59 Å². The van der Waals surface area contributed by atoms with Gasteiger partial charge < -0.3 is 10.2 Å². The molecule has 0 saturated heterocycles. The number of carbonyl (C=O) groups is 2. The zero-order valence-electron chi connectivity index (χ0n) is 20.7. The molecule has 0 aromatic heterocycles. The largest absolute Gasteiger partial charge is 0.354 e. The van der Waals surface area contributed by atoms with E-state index in [0.29, 0.717) is 35.3 Å². The number of hydrogen-bond acceptors (Lipinski definition) is 3. The van der Waals surface area contributed by atoms with Crippen LogP contribution in [0.2, 0.25) is 10.0 Å². The van der Waals surface area contributed by atoms with Gasteiger partial charge in [0.1, 0.15) is 6.04 Å². The molecule has 0 fully saturated rings. The van der Waals surface area contributed by atoms with Crippen molar-refractivity contribution in [2.24, 2.45) is 0 Å². The number of amides is 2. The molecule has 0 spiro atoms. The van der Waals surface area contributed by atoms with Crippen LogP contribution in [0.5, 0.6) is 0 Å². The second-order valence-electron chi connectivity index (χ2n) is 8.69. The van der Waals surface area contributed by atoms with Crippen LogP contribution in [0.1, 0.15) is 35.6 Å². The fourth-order valence-electron chi connectivity index (χ4n) is 3.86. The summed E-state index contributed by atoms with van der Waals surface area (Å²) in [7, 11) is 0. The Kier molecular flexibility index (Phi) is 11.2. The number of nitrogens with one attached hydrogen (secondary N) is 1. The predicted molar refractivity (Wildman–Crippen MR) is 152 cm³/mol. The van der Waals surface area contributed by atoms with Crippen molar-refractivity contribution in [2.75, 3.05) is 12.3 Å². The number of nitrogens with zero attached hydrogens (tertiary/aromatic N) is 1. The minimum Gasteiger partial charge on any atom is -0.354 e. The van der Waals surface area contributed by atoms with Crippen molar-refractivity contribution < 1.29 is 9.59 Å². The van der Waals surface area contributed by atoms with Crippen LogP contribution >= 0.6 is 35.0 Å². The summed E-state index contributed by atoms with van der Waals surface area (Å²) in [4.78, 5) is 28.7. The lowest BCUT2D eigenvalue weighted by atomic mass is 10.0. The Balaban J connectivity index is 1.84. The van der Waals surface area contributed by atoms with Gasteiger partial charge in [0.2, 0.25) is 11.8 Å². The van der Waals surface area contributed by atoms with Crippen LogP contribution < -0.4 is 5.32 Å². The van der Waals surface area contributed by atoms with E-state index in [4.69, 9.17) is 23.2 Å². The first-order valence-corrected chi connectivity index (χ1v) is 14.0. The van der Waals surface area contributed by atoms with Gasteiger partial charge in [0.15, 0.2) is 0 Å². The average molecular weight is 544 g/mol. The number of aryl methyl sites for hydroxylation is 1. The molecule has 36 heavy (non-hydrogen) atoms. The Hall–Kier alpha value is -2.47. The number of halogens is 2. The van der Waals surface area contributed by atoms with E-state index >= 15 is 0 Å². The monoisotopic (exact) mass is 542 g/mol. The first-order chi connectivity index (χ1) is 17.4. The molecule has 0 aliphatic heterocycles. The van der Waals surface area contributed by atoms with Gasteiger partial charge in [-0.2, -0.15) is 0 Å². The maximum Gasteiger partial charge on any atom is 0.243 e. The summed E-state index contributed by atoms with van der Waals surface area (Å²) in [5, 5.41) is 4.02. The minimum atomic E-state index is -0.614.